The smallest absolute Gasteiger partial charge is 0.179 e. The highest BCUT2D eigenvalue weighted by Gasteiger charge is 2.51. The molecule has 1 aromatic carbocycles. The van der Waals surface area contributed by atoms with Crippen molar-refractivity contribution in [2.24, 2.45) is 5.92 Å². The van der Waals surface area contributed by atoms with Crippen LogP contribution in [-0.4, -0.2) is 49.4 Å². The third kappa shape index (κ3) is 2.95. The van der Waals surface area contributed by atoms with Crippen molar-refractivity contribution >= 4 is 9.84 Å². The molecule has 1 saturated carbocycles. The molecule has 2 fully saturated rings. The maximum atomic E-state index is 12.3. The lowest BCUT2D eigenvalue weighted by atomic mass is 9.89. The van der Waals surface area contributed by atoms with Crippen molar-refractivity contribution in [1.82, 2.24) is 4.90 Å². The molecule has 0 spiro atoms. The minimum Gasteiger partial charge on any atom is -0.387 e. The molecule has 21 heavy (non-hydrogen) atoms. The SMILES string of the molecule is N#Cc1cccc(S(=O)(=O)CCN2CC(O)(C3CC3)C2)c1. The molecule has 0 amide bonds. The van der Waals surface area contributed by atoms with E-state index in [1.807, 2.05) is 11.0 Å². The Bertz CT molecular complexity index is 683. The van der Waals surface area contributed by atoms with Gasteiger partial charge >= 0.3 is 0 Å². The summed E-state index contributed by atoms with van der Waals surface area (Å²) in [7, 11) is -3.38. The van der Waals surface area contributed by atoms with Crippen molar-refractivity contribution in [3.05, 3.63) is 29.8 Å². The molecule has 1 heterocycles. The Balaban J connectivity index is 1.58. The van der Waals surface area contributed by atoms with E-state index in [1.165, 1.54) is 12.1 Å². The van der Waals surface area contributed by atoms with Gasteiger partial charge < -0.3 is 5.11 Å². The number of β-amino-alcohol motifs (C(OH)–C–C–N with tert-alkyl or cyclic N) is 1. The largest absolute Gasteiger partial charge is 0.387 e. The molecule has 1 aliphatic heterocycles. The number of nitrogens with zero attached hydrogens (tertiary/aromatic N) is 2. The minimum atomic E-state index is -3.38. The van der Waals surface area contributed by atoms with Crippen LogP contribution >= 0.6 is 0 Å². The number of likely N-dealkylation sites (tertiary alicyclic amines) is 1. The Kier molecular flexibility index (Phi) is 3.52. The van der Waals surface area contributed by atoms with Crippen LogP contribution in [0.2, 0.25) is 0 Å². The molecule has 0 aromatic heterocycles. The summed E-state index contributed by atoms with van der Waals surface area (Å²) >= 11 is 0. The molecule has 112 valence electrons. The van der Waals surface area contributed by atoms with Crippen LogP contribution < -0.4 is 0 Å². The summed E-state index contributed by atoms with van der Waals surface area (Å²) in [6.07, 6.45) is 2.17. The molecule has 0 atom stereocenters. The minimum absolute atomic E-state index is 0.0165. The molecule has 1 aromatic rings. The number of sulfone groups is 1. The third-order valence-electron chi connectivity index (χ3n) is 4.33. The van der Waals surface area contributed by atoms with Crippen molar-refractivity contribution < 1.29 is 13.5 Å². The van der Waals surface area contributed by atoms with Crippen molar-refractivity contribution in [3.63, 3.8) is 0 Å². The molecule has 1 aliphatic carbocycles. The van der Waals surface area contributed by atoms with Gasteiger partial charge in [0.05, 0.1) is 27.9 Å². The van der Waals surface area contributed by atoms with E-state index >= 15 is 0 Å². The van der Waals surface area contributed by atoms with Crippen molar-refractivity contribution in [1.29, 1.82) is 5.26 Å². The zero-order valence-electron chi connectivity index (χ0n) is 11.7. The molecule has 0 unspecified atom stereocenters. The average Bonchev–Trinajstić information content (AvgIpc) is 3.27. The zero-order chi connectivity index (χ0) is 15.1. The Hall–Kier alpha value is -1.42. The van der Waals surface area contributed by atoms with E-state index in [-0.39, 0.29) is 10.6 Å². The Morgan fingerprint density at radius 1 is 1.38 bits per heavy atom. The van der Waals surface area contributed by atoms with E-state index in [2.05, 4.69) is 0 Å². The fourth-order valence-electron chi connectivity index (χ4n) is 2.89. The molecule has 0 bridgehead atoms. The quantitative estimate of drug-likeness (QED) is 0.870. The summed E-state index contributed by atoms with van der Waals surface area (Å²) in [4.78, 5) is 2.17. The molecule has 6 heteroatoms. The number of hydrogen-bond donors (Lipinski definition) is 1. The highest BCUT2D eigenvalue weighted by molar-refractivity contribution is 7.91. The number of hydrogen-bond acceptors (Lipinski definition) is 5. The monoisotopic (exact) mass is 306 g/mol. The second-order valence-electron chi connectivity index (χ2n) is 6.05. The van der Waals surface area contributed by atoms with Gasteiger partial charge in [0.2, 0.25) is 0 Å². The molecular weight excluding hydrogens is 288 g/mol. The van der Waals surface area contributed by atoms with E-state index in [4.69, 9.17) is 5.26 Å². The highest BCUT2D eigenvalue weighted by atomic mass is 32.2. The van der Waals surface area contributed by atoms with Gasteiger partial charge in [-0.05, 0) is 37.0 Å². The molecule has 1 N–H and O–H groups in total. The lowest BCUT2D eigenvalue weighted by Crippen LogP contribution is -2.63. The van der Waals surface area contributed by atoms with E-state index in [1.54, 1.807) is 12.1 Å². The average molecular weight is 306 g/mol. The Labute approximate surface area is 124 Å². The standard InChI is InChI=1S/C15H18N2O3S/c16-9-12-2-1-3-14(8-12)21(19,20)7-6-17-10-15(18,11-17)13-4-5-13/h1-3,8,13,18H,4-7,10-11H2. The second-order valence-corrected chi connectivity index (χ2v) is 8.16. The third-order valence-corrected chi connectivity index (χ3v) is 6.02. The van der Waals surface area contributed by atoms with Crippen molar-refractivity contribution in [2.75, 3.05) is 25.4 Å². The maximum absolute atomic E-state index is 12.3. The van der Waals surface area contributed by atoms with Crippen LogP contribution in [0.1, 0.15) is 18.4 Å². The van der Waals surface area contributed by atoms with E-state index in [0.29, 0.717) is 31.1 Å². The van der Waals surface area contributed by atoms with Crippen LogP contribution in [0.4, 0.5) is 0 Å². The fraction of sp³-hybridized carbons (Fsp3) is 0.533. The zero-order valence-corrected chi connectivity index (χ0v) is 12.5. The molecule has 1 saturated heterocycles. The van der Waals surface area contributed by atoms with Gasteiger partial charge in [0.25, 0.3) is 0 Å². The fourth-order valence-corrected chi connectivity index (χ4v) is 4.22. The molecular formula is C15H18N2O3S. The first kappa shape index (κ1) is 14.5. The van der Waals surface area contributed by atoms with Gasteiger partial charge in [0, 0.05) is 19.6 Å². The number of aliphatic hydroxyl groups is 1. The van der Waals surface area contributed by atoms with Gasteiger partial charge in [0.1, 0.15) is 0 Å². The predicted octanol–water partition coefficient (Wildman–Crippen LogP) is 0.789. The summed E-state index contributed by atoms with van der Waals surface area (Å²) in [5.74, 6) is 0.431. The van der Waals surface area contributed by atoms with E-state index < -0.39 is 15.4 Å². The topological polar surface area (TPSA) is 81.4 Å². The number of benzene rings is 1. The number of nitriles is 1. The summed E-state index contributed by atoms with van der Waals surface area (Å²) in [6.45, 7) is 1.57. The summed E-state index contributed by atoms with van der Waals surface area (Å²) in [5, 5.41) is 19.0. The number of rotatable bonds is 5. The lowest BCUT2D eigenvalue weighted by Gasteiger charge is -2.47. The predicted molar refractivity (Wildman–Crippen MR) is 77.3 cm³/mol. The van der Waals surface area contributed by atoms with Crippen molar-refractivity contribution in [3.8, 4) is 6.07 Å². The van der Waals surface area contributed by atoms with Gasteiger partial charge in [-0.25, -0.2) is 8.42 Å². The molecule has 3 rings (SSSR count). The summed E-state index contributed by atoms with van der Waals surface area (Å²) in [6, 6.07) is 8.05. The van der Waals surface area contributed by atoms with Crippen LogP contribution in [0.3, 0.4) is 0 Å². The first-order chi connectivity index (χ1) is 9.93. The van der Waals surface area contributed by atoms with E-state index in [9.17, 15) is 13.5 Å². The maximum Gasteiger partial charge on any atom is 0.179 e. The van der Waals surface area contributed by atoms with Gasteiger partial charge in [-0.3, -0.25) is 4.90 Å². The molecule has 5 nitrogen and oxygen atoms in total. The van der Waals surface area contributed by atoms with Crippen LogP contribution in [0.15, 0.2) is 29.2 Å². The van der Waals surface area contributed by atoms with Crippen LogP contribution in [0, 0.1) is 17.2 Å². The van der Waals surface area contributed by atoms with Crippen LogP contribution in [0.5, 0.6) is 0 Å². The Morgan fingerprint density at radius 3 is 2.71 bits per heavy atom. The summed E-state index contributed by atoms with van der Waals surface area (Å²) in [5.41, 5.74) is -0.229. The summed E-state index contributed by atoms with van der Waals surface area (Å²) < 4.78 is 24.5. The van der Waals surface area contributed by atoms with Gasteiger partial charge in [-0.2, -0.15) is 5.26 Å². The van der Waals surface area contributed by atoms with Crippen LogP contribution in [0.25, 0.3) is 0 Å². The first-order valence-corrected chi connectivity index (χ1v) is 8.76. The molecule has 2 aliphatic rings. The normalized spacial score (nSPS) is 21.5. The van der Waals surface area contributed by atoms with Crippen molar-refractivity contribution in [2.45, 2.75) is 23.3 Å². The Morgan fingerprint density at radius 2 is 2.10 bits per heavy atom. The van der Waals surface area contributed by atoms with Gasteiger partial charge in [-0.1, -0.05) is 6.07 Å². The van der Waals surface area contributed by atoms with Gasteiger partial charge in [-0.15, -0.1) is 0 Å². The lowest BCUT2D eigenvalue weighted by molar-refractivity contribution is -0.110. The highest BCUT2D eigenvalue weighted by Crippen LogP contribution is 2.44. The molecule has 0 radical (unpaired) electrons. The van der Waals surface area contributed by atoms with Crippen LogP contribution in [-0.2, 0) is 9.84 Å². The first-order valence-electron chi connectivity index (χ1n) is 7.11. The van der Waals surface area contributed by atoms with E-state index in [0.717, 1.165) is 12.8 Å². The van der Waals surface area contributed by atoms with Gasteiger partial charge in [0.15, 0.2) is 9.84 Å². The second kappa shape index (κ2) is 5.09.